The van der Waals surface area contributed by atoms with Crippen LogP contribution in [0.25, 0.3) is 0 Å². The maximum Gasteiger partial charge on any atom is 0.193 e. The number of benzene rings is 1. The molecule has 2 nitrogen and oxygen atoms in total. The molecule has 0 saturated heterocycles. The van der Waals surface area contributed by atoms with E-state index in [4.69, 9.17) is 5.11 Å². The Kier molecular flexibility index (Phi) is 2.44. The molecule has 1 aromatic carbocycles. The van der Waals surface area contributed by atoms with Gasteiger partial charge in [-0.3, -0.25) is 4.79 Å². The van der Waals surface area contributed by atoms with Gasteiger partial charge < -0.3 is 5.11 Å². The second-order valence-corrected chi connectivity index (χ2v) is 2.05. The van der Waals surface area contributed by atoms with Crippen molar-refractivity contribution in [2.75, 3.05) is 0 Å². The highest BCUT2D eigenvalue weighted by molar-refractivity contribution is 5.74. The first-order chi connectivity index (χ1) is 5.74. The summed E-state index contributed by atoms with van der Waals surface area (Å²) in [7, 11) is 0. The van der Waals surface area contributed by atoms with E-state index < -0.39 is 11.6 Å². The van der Waals surface area contributed by atoms with Crippen molar-refractivity contribution in [3.05, 3.63) is 29.6 Å². The molecule has 60 valence electrons. The molecular weight excluding hydrogens is 159 g/mol. The van der Waals surface area contributed by atoms with Gasteiger partial charge in [0.05, 0.1) is 0 Å². The Hall–Kier alpha value is -1.82. The lowest BCUT2D eigenvalue weighted by atomic mass is 10.2. The second-order valence-electron chi connectivity index (χ2n) is 2.05. The second kappa shape index (κ2) is 3.54. The number of carbonyl (C=O) groups is 1. The first kappa shape index (κ1) is 8.28. The molecule has 0 radical (unpaired) electrons. The Morgan fingerprint density at radius 3 is 2.83 bits per heavy atom. The molecule has 0 heterocycles. The van der Waals surface area contributed by atoms with Crippen molar-refractivity contribution < 1.29 is 14.3 Å². The molecular formula is C9H5FO2. The summed E-state index contributed by atoms with van der Waals surface area (Å²) in [4.78, 5) is 9.82. The number of aldehydes is 1. The van der Waals surface area contributed by atoms with Crippen LogP contribution >= 0.6 is 0 Å². The van der Waals surface area contributed by atoms with Gasteiger partial charge in [0.1, 0.15) is 0 Å². The van der Waals surface area contributed by atoms with E-state index in [-0.39, 0.29) is 0 Å². The third kappa shape index (κ3) is 1.83. The van der Waals surface area contributed by atoms with Gasteiger partial charge in [0.15, 0.2) is 17.9 Å². The van der Waals surface area contributed by atoms with Crippen molar-refractivity contribution in [3.63, 3.8) is 0 Å². The molecule has 0 saturated carbocycles. The van der Waals surface area contributed by atoms with Crippen molar-refractivity contribution in [3.8, 4) is 17.6 Å². The van der Waals surface area contributed by atoms with Gasteiger partial charge in [0, 0.05) is 5.56 Å². The number of aromatic hydroxyl groups is 1. The van der Waals surface area contributed by atoms with Crippen LogP contribution in [-0.4, -0.2) is 11.4 Å². The molecule has 1 N–H and O–H groups in total. The lowest BCUT2D eigenvalue weighted by molar-refractivity contribution is -0.103. The summed E-state index contributed by atoms with van der Waals surface area (Å²) in [6.45, 7) is 0. The van der Waals surface area contributed by atoms with Crippen LogP contribution in [0.2, 0.25) is 0 Å². The standard InChI is InChI=1S/C9H5FO2/c10-8-4-3-7(2-1-5-11)6-9(8)12/h3-6,12H. The van der Waals surface area contributed by atoms with E-state index in [1.54, 1.807) is 0 Å². The number of rotatable bonds is 0. The lowest BCUT2D eigenvalue weighted by Gasteiger charge is -1.93. The Morgan fingerprint density at radius 2 is 2.25 bits per heavy atom. The van der Waals surface area contributed by atoms with Crippen LogP contribution in [0.5, 0.6) is 5.75 Å². The Bertz CT molecular complexity index is 361. The van der Waals surface area contributed by atoms with Gasteiger partial charge in [-0.1, -0.05) is 5.92 Å². The summed E-state index contributed by atoms with van der Waals surface area (Å²) < 4.78 is 12.5. The molecule has 0 atom stereocenters. The summed E-state index contributed by atoms with van der Waals surface area (Å²) >= 11 is 0. The molecule has 0 spiro atoms. The molecule has 1 aromatic rings. The number of halogens is 1. The first-order valence-corrected chi connectivity index (χ1v) is 3.18. The van der Waals surface area contributed by atoms with E-state index >= 15 is 0 Å². The Balaban J connectivity index is 3.04. The van der Waals surface area contributed by atoms with Crippen molar-refractivity contribution in [2.45, 2.75) is 0 Å². The molecule has 0 unspecified atom stereocenters. The zero-order valence-electron chi connectivity index (χ0n) is 6.04. The van der Waals surface area contributed by atoms with Crippen LogP contribution in [0, 0.1) is 17.7 Å². The predicted molar refractivity (Wildman–Crippen MR) is 41.0 cm³/mol. The van der Waals surface area contributed by atoms with E-state index in [0.717, 1.165) is 12.1 Å². The molecule has 3 heteroatoms. The largest absolute Gasteiger partial charge is 0.505 e. The van der Waals surface area contributed by atoms with Crippen molar-refractivity contribution in [1.29, 1.82) is 0 Å². The summed E-state index contributed by atoms with van der Waals surface area (Å²) in [6, 6.07) is 3.63. The normalized spacial score (nSPS) is 8.42. The van der Waals surface area contributed by atoms with Crippen LogP contribution in [0.4, 0.5) is 4.39 Å². The summed E-state index contributed by atoms with van der Waals surface area (Å²) in [6.07, 6.45) is 0.431. The molecule has 12 heavy (non-hydrogen) atoms. The van der Waals surface area contributed by atoms with E-state index in [1.165, 1.54) is 6.07 Å². The quantitative estimate of drug-likeness (QED) is 0.460. The maximum atomic E-state index is 12.5. The number of carbonyl (C=O) groups excluding carboxylic acids is 1. The van der Waals surface area contributed by atoms with Crippen molar-refractivity contribution >= 4 is 6.29 Å². The fourth-order valence-electron chi connectivity index (χ4n) is 0.703. The fourth-order valence-corrected chi connectivity index (χ4v) is 0.703. The third-order valence-corrected chi connectivity index (χ3v) is 1.22. The minimum atomic E-state index is -0.702. The zero-order chi connectivity index (χ0) is 8.97. The zero-order valence-corrected chi connectivity index (χ0v) is 6.04. The van der Waals surface area contributed by atoms with Gasteiger partial charge in [-0.05, 0) is 24.1 Å². The average Bonchev–Trinajstić information content (AvgIpc) is 2.07. The predicted octanol–water partition coefficient (Wildman–Crippen LogP) is 1.08. The highest BCUT2D eigenvalue weighted by atomic mass is 19.1. The van der Waals surface area contributed by atoms with Crippen molar-refractivity contribution in [1.82, 2.24) is 0 Å². The number of hydrogen-bond donors (Lipinski definition) is 1. The van der Waals surface area contributed by atoms with Gasteiger partial charge in [0.2, 0.25) is 0 Å². The van der Waals surface area contributed by atoms with Crippen LogP contribution in [0.15, 0.2) is 18.2 Å². The molecule has 0 aliphatic carbocycles. The van der Waals surface area contributed by atoms with Crippen LogP contribution in [-0.2, 0) is 4.79 Å². The summed E-state index contributed by atoms with van der Waals surface area (Å²) in [5.41, 5.74) is 0.404. The molecule has 0 aliphatic rings. The number of hydrogen-bond acceptors (Lipinski definition) is 2. The van der Waals surface area contributed by atoms with Gasteiger partial charge in [-0.25, -0.2) is 4.39 Å². The summed E-state index contributed by atoms with van der Waals surface area (Å²) in [5.74, 6) is 3.40. The minimum absolute atomic E-state index is 0.404. The highest BCUT2D eigenvalue weighted by Gasteiger charge is 1.98. The summed E-state index contributed by atoms with van der Waals surface area (Å²) in [5, 5.41) is 8.87. The van der Waals surface area contributed by atoms with E-state index in [1.807, 2.05) is 0 Å². The molecule has 0 fully saturated rings. The Morgan fingerprint density at radius 1 is 1.50 bits per heavy atom. The monoisotopic (exact) mass is 164 g/mol. The lowest BCUT2D eigenvalue weighted by Crippen LogP contribution is -1.78. The van der Waals surface area contributed by atoms with E-state index in [0.29, 0.717) is 11.8 Å². The Labute approximate surface area is 68.6 Å². The molecule has 1 rings (SSSR count). The van der Waals surface area contributed by atoms with Crippen LogP contribution in [0.3, 0.4) is 0 Å². The van der Waals surface area contributed by atoms with Gasteiger partial charge in [-0.15, -0.1) is 0 Å². The molecule has 0 bridgehead atoms. The first-order valence-electron chi connectivity index (χ1n) is 3.18. The highest BCUT2D eigenvalue weighted by Crippen LogP contribution is 2.15. The van der Waals surface area contributed by atoms with Crippen molar-refractivity contribution in [2.24, 2.45) is 0 Å². The third-order valence-electron chi connectivity index (χ3n) is 1.22. The smallest absolute Gasteiger partial charge is 0.193 e. The van der Waals surface area contributed by atoms with E-state index in [9.17, 15) is 9.18 Å². The van der Waals surface area contributed by atoms with E-state index in [2.05, 4.69) is 11.8 Å². The molecule has 0 amide bonds. The van der Waals surface area contributed by atoms with Gasteiger partial charge in [-0.2, -0.15) is 0 Å². The average molecular weight is 164 g/mol. The SMILES string of the molecule is O=CC#Cc1ccc(F)c(O)c1. The molecule has 0 aliphatic heterocycles. The fraction of sp³-hybridized carbons (Fsp3) is 0. The number of phenols is 1. The topological polar surface area (TPSA) is 37.3 Å². The molecule has 0 aromatic heterocycles. The van der Waals surface area contributed by atoms with Gasteiger partial charge in [0.25, 0.3) is 0 Å². The number of phenolic OH excluding ortho intramolecular Hbond substituents is 1. The van der Waals surface area contributed by atoms with Gasteiger partial charge >= 0.3 is 0 Å². The minimum Gasteiger partial charge on any atom is -0.505 e. The van der Waals surface area contributed by atoms with Crippen LogP contribution < -0.4 is 0 Å². The van der Waals surface area contributed by atoms with Crippen LogP contribution in [0.1, 0.15) is 5.56 Å². The maximum absolute atomic E-state index is 12.5.